The highest BCUT2D eigenvalue weighted by atomic mass is 35.5. The Bertz CT molecular complexity index is 738. The van der Waals surface area contributed by atoms with Gasteiger partial charge in [-0.3, -0.25) is 4.79 Å². The molecule has 3 rings (SSSR count). The molecule has 6 heteroatoms. The summed E-state index contributed by atoms with van der Waals surface area (Å²) in [6.07, 6.45) is 3.29. The molecule has 1 aliphatic heterocycles. The number of anilines is 1. The first-order valence-electron chi connectivity index (χ1n) is 6.93. The van der Waals surface area contributed by atoms with E-state index in [2.05, 4.69) is 16.1 Å². The molecule has 1 fully saturated rings. The Balaban J connectivity index is 2.10. The van der Waals surface area contributed by atoms with Gasteiger partial charge in [-0.15, -0.1) is 0 Å². The molecule has 0 spiro atoms. The van der Waals surface area contributed by atoms with Crippen LogP contribution in [0.1, 0.15) is 30.1 Å². The van der Waals surface area contributed by atoms with Gasteiger partial charge in [0, 0.05) is 19.0 Å². The quantitative estimate of drug-likeness (QED) is 0.800. The Kier molecular flexibility index (Phi) is 3.56. The van der Waals surface area contributed by atoms with E-state index < -0.39 is 0 Å². The van der Waals surface area contributed by atoms with Crippen LogP contribution in [0.2, 0.25) is 5.02 Å². The van der Waals surface area contributed by atoms with Crippen LogP contribution in [0, 0.1) is 17.2 Å². The summed E-state index contributed by atoms with van der Waals surface area (Å²) in [5, 5.41) is 13.8. The van der Waals surface area contributed by atoms with Crippen molar-refractivity contribution in [2.24, 2.45) is 5.92 Å². The van der Waals surface area contributed by atoms with Crippen LogP contribution in [0.5, 0.6) is 0 Å². The Morgan fingerprint density at radius 3 is 2.81 bits per heavy atom. The molecular formula is C15H15ClN4O. The van der Waals surface area contributed by atoms with Crippen molar-refractivity contribution in [3.05, 3.63) is 28.9 Å². The minimum Gasteiger partial charge on any atom is -0.356 e. The second-order valence-corrected chi connectivity index (χ2v) is 5.71. The fraction of sp³-hybridized carbons (Fsp3) is 0.400. The summed E-state index contributed by atoms with van der Waals surface area (Å²) in [7, 11) is 0. The van der Waals surface area contributed by atoms with E-state index in [1.54, 1.807) is 16.8 Å². The Morgan fingerprint density at radius 1 is 1.48 bits per heavy atom. The van der Waals surface area contributed by atoms with Crippen LogP contribution in [-0.2, 0) is 0 Å². The molecule has 0 bridgehead atoms. The maximum atomic E-state index is 12.0. The standard InChI is InChI=1S/C15H15ClN4O/c1-10(21)12-8-13(16)14-2-5-18-20(14)15(12)19-6-3-11(9-17)4-7-19/h2,5,8,11H,3-4,6-7H2,1H3. The Morgan fingerprint density at radius 2 is 2.19 bits per heavy atom. The maximum Gasteiger partial charge on any atom is 0.163 e. The second-order valence-electron chi connectivity index (χ2n) is 5.30. The van der Waals surface area contributed by atoms with Crippen LogP contribution in [0.4, 0.5) is 5.82 Å². The van der Waals surface area contributed by atoms with E-state index in [4.69, 9.17) is 16.9 Å². The van der Waals surface area contributed by atoms with E-state index >= 15 is 0 Å². The number of fused-ring (bicyclic) bond motifs is 1. The minimum absolute atomic E-state index is 0.0355. The van der Waals surface area contributed by atoms with E-state index in [-0.39, 0.29) is 11.7 Å². The number of ketones is 1. The van der Waals surface area contributed by atoms with Crippen LogP contribution in [0.25, 0.3) is 5.52 Å². The molecule has 0 amide bonds. The van der Waals surface area contributed by atoms with Gasteiger partial charge in [0.25, 0.3) is 0 Å². The number of hydrogen-bond acceptors (Lipinski definition) is 4. The van der Waals surface area contributed by atoms with Gasteiger partial charge in [-0.2, -0.15) is 10.4 Å². The van der Waals surface area contributed by atoms with Gasteiger partial charge in [-0.05, 0) is 31.9 Å². The molecule has 0 saturated carbocycles. The van der Waals surface area contributed by atoms with Crippen LogP contribution in [0.15, 0.2) is 18.3 Å². The lowest BCUT2D eigenvalue weighted by atomic mass is 9.98. The fourth-order valence-electron chi connectivity index (χ4n) is 2.82. The van der Waals surface area contributed by atoms with Crippen molar-refractivity contribution < 1.29 is 4.79 Å². The Hall–Kier alpha value is -2.06. The number of halogens is 1. The third-order valence-electron chi connectivity index (χ3n) is 3.96. The molecular weight excluding hydrogens is 288 g/mol. The number of carbonyl (C=O) groups excluding carboxylic acids is 1. The smallest absolute Gasteiger partial charge is 0.163 e. The summed E-state index contributed by atoms with van der Waals surface area (Å²) in [5.74, 6) is 0.845. The lowest BCUT2D eigenvalue weighted by molar-refractivity contribution is 0.101. The van der Waals surface area contributed by atoms with Crippen molar-refractivity contribution >= 4 is 28.7 Å². The van der Waals surface area contributed by atoms with Gasteiger partial charge < -0.3 is 4.90 Å². The van der Waals surface area contributed by atoms with Gasteiger partial charge >= 0.3 is 0 Å². The van der Waals surface area contributed by atoms with Gasteiger partial charge in [0.1, 0.15) is 5.82 Å². The highest BCUT2D eigenvalue weighted by Crippen LogP contribution is 2.31. The third-order valence-corrected chi connectivity index (χ3v) is 4.26. The highest BCUT2D eigenvalue weighted by molar-refractivity contribution is 6.34. The average Bonchev–Trinajstić information content (AvgIpc) is 2.97. The number of carbonyl (C=O) groups is 1. The maximum absolute atomic E-state index is 12.0. The minimum atomic E-state index is -0.0355. The molecule has 2 aromatic heterocycles. The zero-order valence-corrected chi connectivity index (χ0v) is 12.5. The molecule has 0 unspecified atom stereocenters. The fourth-order valence-corrected chi connectivity index (χ4v) is 3.07. The zero-order valence-electron chi connectivity index (χ0n) is 11.7. The zero-order chi connectivity index (χ0) is 15.0. The summed E-state index contributed by atoms with van der Waals surface area (Å²) in [6, 6.07) is 5.86. The number of piperidine rings is 1. The molecule has 0 aromatic carbocycles. The second kappa shape index (κ2) is 5.38. The van der Waals surface area contributed by atoms with Crippen molar-refractivity contribution in [3.8, 4) is 6.07 Å². The molecule has 0 N–H and O–H groups in total. The third kappa shape index (κ3) is 2.36. The van der Waals surface area contributed by atoms with Crippen LogP contribution >= 0.6 is 11.6 Å². The summed E-state index contributed by atoms with van der Waals surface area (Å²) in [4.78, 5) is 14.1. The van der Waals surface area contributed by atoms with Gasteiger partial charge in [0.15, 0.2) is 5.78 Å². The molecule has 0 radical (unpaired) electrons. The number of pyridine rings is 1. The molecule has 1 saturated heterocycles. The van der Waals surface area contributed by atoms with Gasteiger partial charge in [-0.1, -0.05) is 11.6 Å². The number of nitrogens with zero attached hydrogens (tertiary/aromatic N) is 4. The predicted molar refractivity (Wildman–Crippen MR) is 80.8 cm³/mol. The number of hydrogen-bond donors (Lipinski definition) is 0. The predicted octanol–water partition coefficient (Wildman–Crippen LogP) is 2.93. The first-order chi connectivity index (χ1) is 10.1. The molecule has 3 heterocycles. The topological polar surface area (TPSA) is 61.4 Å². The SMILES string of the molecule is CC(=O)c1cc(Cl)c2ccnn2c1N1CCC(C#N)CC1. The molecule has 21 heavy (non-hydrogen) atoms. The summed E-state index contributed by atoms with van der Waals surface area (Å²) in [5.41, 5.74) is 1.37. The molecule has 108 valence electrons. The number of nitriles is 1. The highest BCUT2D eigenvalue weighted by Gasteiger charge is 2.25. The number of Topliss-reactive ketones (excluding diaryl/α,β-unsaturated/α-hetero) is 1. The first-order valence-corrected chi connectivity index (χ1v) is 7.31. The van der Waals surface area contributed by atoms with Gasteiger partial charge in [0.2, 0.25) is 0 Å². The van der Waals surface area contributed by atoms with E-state index in [9.17, 15) is 4.79 Å². The molecule has 1 aliphatic rings. The lowest BCUT2D eigenvalue weighted by Crippen LogP contribution is -2.35. The number of rotatable bonds is 2. The van der Waals surface area contributed by atoms with Crippen LogP contribution in [0.3, 0.4) is 0 Å². The van der Waals surface area contributed by atoms with Crippen molar-refractivity contribution in [3.63, 3.8) is 0 Å². The molecule has 0 atom stereocenters. The Labute approximate surface area is 127 Å². The first kappa shape index (κ1) is 13.9. The largest absolute Gasteiger partial charge is 0.356 e. The van der Waals surface area contributed by atoms with Crippen molar-refractivity contribution in [2.75, 3.05) is 18.0 Å². The summed E-state index contributed by atoms with van der Waals surface area (Å²) >= 11 is 6.23. The van der Waals surface area contributed by atoms with E-state index in [0.717, 1.165) is 37.3 Å². The summed E-state index contributed by atoms with van der Waals surface area (Å²) < 4.78 is 1.73. The lowest BCUT2D eigenvalue weighted by Gasteiger charge is -2.32. The number of aromatic nitrogens is 2. The normalized spacial score (nSPS) is 16.1. The molecule has 0 aliphatic carbocycles. The summed E-state index contributed by atoms with van der Waals surface area (Å²) in [6.45, 7) is 3.02. The van der Waals surface area contributed by atoms with Crippen molar-refractivity contribution in [1.29, 1.82) is 5.26 Å². The van der Waals surface area contributed by atoms with Crippen molar-refractivity contribution in [1.82, 2.24) is 9.61 Å². The molecule has 2 aromatic rings. The molecule has 5 nitrogen and oxygen atoms in total. The van der Waals surface area contributed by atoms with E-state index in [1.807, 2.05) is 6.07 Å². The van der Waals surface area contributed by atoms with Crippen molar-refractivity contribution in [2.45, 2.75) is 19.8 Å². The van der Waals surface area contributed by atoms with Gasteiger partial charge in [-0.25, -0.2) is 4.52 Å². The van der Waals surface area contributed by atoms with Crippen LogP contribution < -0.4 is 4.90 Å². The van der Waals surface area contributed by atoms with Gasteiger partial charge in [0.05, 0.1) is 28.4 Å². The van der Waals surface area contributed by atoms with Crippen LogP contribution in [-0.4, -0.2) is 28.5 Å². The monoisotopic (exact) mass is 302 g/mol. The van der Waals surface area contributed by atoms with E-state index in [0.29, 0.717) is 10.6 Å². The van der Waals surface area contributed by atoms with E-state index in [1.165, 1.54) is 6.92 Å². The average molecular weight is 303 g/mol.